The zero-order chi connectivity index (χ0) is 15.5. The van der Waals surface area contributed by atoms with Crippen molar-refractivity contribution >= 4 is 17.0 Å². The molecule has 0 N–H and O–H groups in total. The predicted octanol–water partition coefficient (Wildman–Crippen LogP) is 5.92. The van der Waals surface area contributed by atoms with Crippen LogP contribution in [0.25, 0.3) is 5.69 Å². The molecule has 0 aliphatic heterocycles. The summed E-state index contributed by atoms with van der Waals surface area (Å²) in [5.74, 6) is 0. The number of aryl methyl sites for hydroxylation is 1. The quantitative estimate of drug-likeness (QED) is 0.453. The largest absolute Gasteiger partial charge is 0.220 e. The number of halogens is 1. The predicted molar refractivity (Wildman–Crippen MR) is 103 cm³/mol. The molecular formula is C19H30BrN3. The molecule has 0 bridgehead atoms. The Hall–Kier alpha value is -1.16. The van der Waals surface area contributed by atoms with Crippen molar-refractivity contribution in [3.05, 3.63) is 42.2 Å². The van der Waals surface area contributed by atoms with Gasteiger partial charge in [-0.1, -0.05) is 81.7 Å². The molecule has 3 nitrogen and oxygen atoms in total. The van der Waals surface area contributed by atoms with Gasteiger partial charge in [0.2, 0.25) is 0 Å². The molecule has 1 aromatic carbocycles. The monoisotopic (exact) mass is 379 g/mol. The summed E-state index contributed by atoms with van der Waals surface area (Å²) in [7, 11) is 0. The van der Waals surface area contributed by atoms with Gasteiger partial charge in [-0.2, -0.15) is 0 Å². The third-order valence-corrected chi connectivity index (χ3v) is 4.10. The van der Waals surface area contributed by atoms with E-state index in [9.17, 15) is 0 Å². The molecule has 0 radical (unpaired) electrons. The van der Waals surface area contributed by atoms with E-state index in [0.29, 0.717) is 0 Å². The van der Waals surface area contributed by atoms with Crippen molar-refractivity contribution in [1.82, 2.24) is 15.0 Å². The van der Waals surface area contributed by atoms with Gasteiger partial charge in [-0.25, -0.2) is 4.68 Å². The molecular weight excluding hydrogens is 350 g/mol. The van der Waals surface area contributed by atoms with Crippen molar-refractivity contribution in [3.8, 4) is 5.69 Å². The highest BCUT2D eigenvalue weighted by Crippen LogP contribution is 2.12. The van der Waals surface area contributed by atoms with Gasteiger partial charge in [0.15, 0.2) is 0 Å². The Labute approximate surface area is 151 Å². The third-order valence-electron chi connectivity index (χ3n) is 4.10. The number of benzene rings is 1. The van der Waals surface area contributed by atoms with Crippen LogP contribution in [0.3, 0.4) is 0 Å². The number of hydrogen-bond donors (Lipinski definition) is 0. The summed E-state index contributed by atoms with van der Waals surface area (Å²) in [6, 6.07) is 10.2. The van der Waals surface area contributed by atoms with E-state index in [4.69, 9.17) is 0 Å². The van der Waals surface area contributed by atoms with Crippen molar-refractivity contribution in [2.24, 2.45) is 0 Å². The van der Waals surface area contributed by atoms with Crippen molar-refractivity contribution in [1.29, 1.82) is 0 Å². The second-order valence-corrected chi connectivity index (χ2v) is 6.07. The highest BCUT2D eigenvalue weighted by Gasteiger charge is 2.02. The van der Waals surface area contributed by atoms with Crippen LogP contribution in [0.5, 0.6) is 0 Å². The fraction of sp³-hybridized carbons (Fsp3) is 0.579. The maximum atomic E-state index is 4.27. The Morgan fingerprint density at radius 2 is 1.43 bits per heavy atom. The van der Waals surface area contributed by atoms with Gasteiger partial charge in [-0.05, 0) is 25.0 Å². The Morgan fingerprint density at radius 3 is 2.09 bits per heavy atom. The second-order valence-electron chi connectivity index (χ2n) is 6.07. The van der Waals surface area contributed by atoms with Crippen LogP contribution in [-0.2, 0) is 6.42 Å². The normalized spacial score (nSPS) is 10.5. The molecule has 0 atom stereocenters. The van der Waals surface area contributed by atoms with Gasteiger partial charge in [-0.3, -0.25) is 0 Å². The Balaban J connectivity index is 0.00000264. The lowest BCUT2D eigenvalue weighted by Gasteiger charge is -2.01. The minimum Gasteiger partial charge on any atom is -0.220 e. The van der Waals surface area contributed by atoms with Crippen LogP contribution >= 0.6 is 17.0 Å². The van der Waals surface area contributed by atoms with Gasteiger partial charge in [-0.15, -0.1) is 22.1 Å². The third kappa shape index (κ3) is 7.78. The maximum Gasteiger partial charge on any atom is 0.0831 e. The fourth-order valence-electron chi connectivity index (χ4n) is 2.74. The molecule has 2 aromatic rings. The SMILES string of the molecule is Br.CCCCCCCCCCCc1cn(-c2ccccc2)nn1. The van der Waals surface area contributed by atoms with Crippen LogP contribution < -0.4 is 0 Å². The molecule has 0 aliphatic carbocycles. The molecule has 128 valence electrons. The first-order chi connectivity index (χ1) is 10.9. The van der Waals surface area contributed by atoms with Gasteiger partial charge >= 0.3 is 0 Å². The van der Waals surface area contributed by atoms with E-state index in [1.807, 2.05) is 22.9 Å². The Bertz CT molecular complexity index is 510. The number of nitrogens with zero attached hydrogens (tertiary/aromatic N) is 3. The van der Waals surface area contributed by atoms with Gasteiger partial charge < -0.3 is 0 Å². The maximum absolute atomic E-state index is 4.27. The van der Waals surface area contributed by atoms with Crippen molar-refractivity contribution in [2.45, 2.75) is 71.1 Å². The van der Waals surface area contributed by atoms with Crippen LogP contribution in [0.15, 0.2) is 36.5 Å². The van der Waals surface area contributed by atoms with E-state index in [-0.39, 0.29) is 17.0 Å². The van der Waals surface area contributed by atoms with Gasteiger partial charge in [0.25, 0.3) is 0 Å². The second kappa shape index (κ2) is 12.3. The lowest BCUT2D eigenvalue weighted by Crippen LogP contribution is -1.93. The zero-order valence-corrected chi connectivity index (χ0v) is 16.0. The highest BCUT2D eigenvalue weighted by atomic mass is 79.9. The summed E-state index contributed by atoms with van der Waals surface area (Å²) in [4.78, 5) is 0. The first-order valence-corrected chi connectivity index (χ1v) is 8.87. The minimum absolute atomic E-state index is 0. The molecule has 0 unspecified atom stereocenters. The van der Waals surface area contributed by atoms with Crippen molar-refractivity contribution in [2.75, 3.05) is 0 Å². The van der Waals surface area contributed by atoms with E-state index < -0.39 is 0 Å². The molecule has 23 heavy (non-hydrogen) atoms. The lowest BCUT2D eigenvalue weighted by atomic mass is 10.1. The zero-order valence-electron chi connectivity index (χ0n) is 14.3. The average Bonchev–Trinajstić information content (AvgIpc) is 3.03. The molecule has 0 spiro atoms. The molecule has 4 heteroatoms. The molecule has 0 saturated carbocycles. The summed E-state index contributed by atoms with van der Waals surface area (Å²) in [5, 5.41) is 8.48. The highest BCUT2D eigenvalue weighted by molar-refractivity contribution is 8.93. The fourth-order valence-corrected chi connectivity index (χ4v) is 2.74. The summed E-state index contributed by atoms with van der Waals surface area (Å²) < 4.78 is 1.86. The van der Waals surface area contributed by atoms with Crippen molar-refractivity contribution < 1.29 is 0 Å². The van der Waals surface area contributed by atoms with Gasteiger partial charge in [0.1, 0.15) is 0 Å². The topological polar surface area (TPSA) is 30.7 Å². The van der Waals surface area contributed by atoms with Crippen LogP contribution in [0.4, 0.5) is 0 Å². The summed E-state index contributed by atoms with van der Waals surface area (Å²) in [6.07, 6.45) is 15.4. The molecule has 2 rings (SSSR count). The van der Waals surface area contributed by atoms with E-state index in [0.717, 1.165) is 17.8 Å². The summed E-state index contributed by atoms with van der Waals surface area (Å²) in [6.45, 7) is 2.27. The summed E-state index contributed by atoms with van der Waals surface area (Å²) in [5.41, 5.74) is 2.18. The van der Waals surface area contributed by atoms with E-state index in [1.165, 1.54) is 57.8 Å². The van der Waals surface area contributed by atoms with Gasteiger partial charge in [0, 0.05) is 0 Å². The molecule has 1 aromatic heterocycles. The van der Waals surface area contributed by atoms with Crippen LogP contribution in [0.2, 0.25) is 0 Å². The first kappa shape index (κ1) is 19.9. The van der Waals surface area contributed by atoms with E-state index in [1.54, 1.807) is 0 Å². The molecule has 0 saturated heterocycles. The summed E-state index contributed by atoms with van der Waals surface area (Å²) >= 11 is 0. The number of unbranched alkanes of at least 4 members (excludes halogenated alkanes) is 8. The Kier molecular flexibility index (Phi) is 10.6. The average molecular weight is 380 g/mol. The van der Waals surface area contributed by atoms with E-state index in [2.05, 4.69) is 35.6 Å². The minimum atomic E-state index is 0. The smallest absolute Gasteiger partial charge is 0.0831 e. The van der Waals surface area contributed by atoms with Gasteiger partial charge in [0.05, 0.1) is 17.6 Å². The number of hydrogen-bond acceptors (Lipinski definition) is 2. The molecule has 0 amide bonds. The lowest BCUT2D eigenvalue weighted by molar-refractivity contribution is 0.563. The number of para-hydroxylation sites is 1. The number of aromatic nitrogens is 3. The standard InChI is InChI=1S/C19H29N3.BrH/c1-2-3-4-5-6-7-8-9-11-14-18-17-22(21-20-18)19-15-12-10-13-16-19;/h10,12-13,15-17H,2-9,11,14H2,1H3;1H. The van der Waals surface area contributed by atoms with E-state index >= 15 is 0 Å². The molecule has 0 fully saturated rings. The Morgan fingerprint density at radius 1 is 0.826 bits per heavy atom. The number of rotatable bonds is 11. The van der Waals surface area contributed by atoms with Crippen LogP contribution in [0.1, 0.15) is 70.4 Å². The first-order valence-electron chi connectivity index (χ1n) is 8.87. The van der Waals surface area contributed by atoms with Crippen molar-refractivity contribution in [3.63, 3.8) is 0 Å². The van der Waals surface area contributed by atoms with Crippen LogP contribution in [-0.4, -0.2) is 15.0 Å². The molecule has 0 aliphatic rings. The van der Waals surface area contributed by atoms with Crippen LogP contribution in [0, 0.1) is 0 Å². The molecule has 1 heterocycles.